The number of benzene rings is 1. The fourth-order valence-corrected chi connectivity index (χ4v) is 1.52. The van der Waals surface area contributed by atoms with Crippen LogP contribution in [0.1, 0.15) is 12.5 Å². The van der Waals surface area contributed by atoms with Crippen LogP contribution in [0.25, 0.3) is 0 Å². The van der Waals surface area contributed by atoms with Crippen molar-refractivity contribution in [1.82, 2.24) is 5.32 Å². The highest BCUT2D eigenvalue weighted by Gasteiger charge is 2.28. The lowest BCUT2D eigenvalue weighted by Crippen LogP contribution is -2.45. The van der Waals surface area contributed by atoms with Crippen LogP contribution in [0.5, 0.6) is 11.5 Å². The number of phenolic OH excluding ortho intramolecular Hbond substituents is 2. The molecule has 1 aromatic rings. The summed E-state index contributed by atoms with van der Waals surface area (Å²) in [5.74, 6) is -0.495. The SMILES string of the molecule is CCNC(O)(COC)c1ccc(O)c(O)c1. The van der Waals surface area contributed by atoms with Crippen molar-refractivity contribution in [3.05, 3.63) is 23.8 Å². The van der Waals surface area contributed by atoms with Gasteiger partial charge in [0.15, 0.2) is 17.2 Å². The Morgan fingerprint density at radius 2 is 2.00 bits per heavy atom. The number of aliphatic hydroxyl groups is 1. The van der Waals surface area contributed by atoms with Crippen LogP contribution in [0.15, 0.2) is 18.2 Å². The Kier molecular flexibility index (Phi) is 4.12. The Morgan fingerprint density at radius 1 is 1.31 bits per heavy atom. The van der Waals surface area contributed by atoms with Gasteiger partial charge in [0, 0.05) is 12.7 Å². The molecular weight excluding hydrogens is 210 g/mol. The Morgan fingerprint density at radius 3 is 2.50 bits per heavy atom. The monoisotopic (exact) mass is 227 g/mol. The maximum atomic E-state index is 10.3. The molecule has 90 valence electrons. The predicted molar refractivity (Wildman–Crippen MR) is 59.2 cm³/mol. The molecule has 0 saturated carbocycles. The number of hydrogen-bond acceptors (Lipinski definition) is 5. The molecule has 0 aliphatic rings. The molecule has 5 heteroatoms. The van der Waals surface area contributed by atoms with E-state index in [0.29, 0.717) is 12.1 Å². The molecule has 0 aliphatic heterocycles. The second-order valence-corrected chi connectivity index (χ2v) is 3.53. The third-order valence-corrected chi connectivity index (χ3v) is 2.28. The molecule has 0 amide bonds. The van der Waals surface area contributed by atoms with Crippen LogP contribution in [0.4, 0.5) is 0 Å². The Labute approximate surface area is 94.3 Å². The molecule has 0 heterocycles. The average molecular weight is 227 g/mol. The number of methoxy groups -OCH3 is 1. The molecule has 1 rings (SSSR count). The smallest absolute Gasteiger partial charge is 0.165 e. The van der Waals surface area contributed by atoms with Gasteiger partial charge in [-0.05, 0) is 18.7 Å². The summed E-state index contributed by atoms with van der Waals surface area (Å²) in [6.07, 6.45) is 0. The van der Waals surface area contributed by atoms with Gasteiger partial charge in [0.05, 0.1) is 6.61 Å². The third-order valence-electron chi connectivity index (χ3n) is 2.28. The maximum absolute atomic E-state index is 10.3. The van der Waals surface area contributed by atoms with Crippen molar-refractivity contribution < 1.29 is 20.1 Å². The van der Waals surface area contributed by atoms with Crippen LogP contribution in [0, 0.1) is 0 Å². The molecule has 0 spiro atoms. The summed E-state index contributed by atoms with van der Waals surface area (Å²) in [6, 6.07) is 4.15. The van der Waals surface area contributed by atoms with Gasteiger partial charge in [-0.2, -0.15) is 0 Å². The van der Waals surface area contributed by atoms with E-state index in [4.69, 9.17) is 4.74 Å². The Bertz CT molecular complexity index is 348. The zero-order chi connectivity index (χ0) is 12.2. The normalized spacial score (nSPS) is 14.7. The van der Waals surface area contributed by atoms with E-state index < -0.39 is 5.72 Å². The first-order chi connectivity index (χ1) is 7.53. The first-order valence-corrected chi connectivity index (χ1v) is 5.02. The van der Waals surface area contributed by atoms with E-state index in [1.54, 1.807) is 0 Å². The summed E-state index contributed by atoms with van der Waals surface area (Å²) >= 11 is 0. The molecule has 1 aromatic carbocycles. The molecule has 0 radical (unpaired) electrons. The standard InChI is InChI=1S/C11H17NO4/c1-3-12-11(15,7-16-2)8-4-5-9(13)10(14)6-8/h4-6,12-15H,3,7H2,1-2H3. The molecule has 0 saturated heterocycles. The molecule has 4 N–H and O–H groups in total. The van der Waals surface area contributed by atoms with Crippen LogP contribution >= 0.6 is 0 Å². The summed E-state index contributed by atoms with van der Waals surface area (Å²) in [7, 11) is 1.47. The minimum Gasteiger partial charge on any atom is -0.504 e. The van der Waals surface area contributed by atoms with Gasteiger partial charge in [0.2, 0.25) is 0 Å². The summed E-state index contributed by atoms with van der Waals surface area (Å²) < 4.78 is 4.93. The summed E-state index contributed by atoms with van der Waals surface area (Å²) in [5.41, 5.74) is -0.930. The summed E-state index contributed by atoms with van der Waals surface area (Å²) in [5, 5.41) is 31.7. The van der Waals surface area contributed by atoms with Gasteiger partial charge in [-0.15, -0.1) is 0 Å². The predicted octanol–water partition coefficient (Wildman–Crippen LogP) is 0.499. The number of likely N-dealkylation sites (N-methyl/N-ethyl adjacent to an activating group) is 1. The van der Waals surface area contributed by atoms with E-state index in [0.717, 1.165) is 0 Å². The van der Waals surface area contributed by atoms with Crippen molar-refractivity contribution >= 4 is 0 Å². The van der Waals surface area contributed by atoms with Gasteiger partial charge >= 0.3 is 0 Å². The second kappa shape index (κ2) is 5.16. The van der Waals surface area contributed by atoms with Crippen molar-refractivity contribution in [1.29, 1.82) is 0 Å². The molecule has 5 nitrogen and oxygen atoms in total. The van der Waals surface area contributed by atoms with E-state index >= 15 is 0 Å². The Hall–Kier alpha value is -1.30. The number of phenols is 2. The first-order valence-electron chi connectivity index (χ1n) is 5.02. The van der Waals surface area contributed by atoms with Crippen LogP contribution < -0.4 is 5.32 Å². The summed E-state index contributed by atoms with van der Waals surface area (Å²) in [6.45, 7) is 2.44. The lowest BCUT2D eigenvalue weighted by Gasteiger charge is -2.28. The molecule has 16 heavy (non-hydrogen) atoms. The molecule has 0 aromatic heterocycles. The van der Waals surface area contributed by atoms with Crippen molar-refractivity contribution in [2.24, 2.45) is 0 Å². The highest BCUT2D eigenvalue weighted by atomic mass is 16.5. The lowest BCUT2D eigenvalue weighted by atomic mass is 10.0. The second-order valence-electron chi connectivity index (χ2n) is 3.53. The molecule has 1 atom stereocenters. The number of aromatic hydroxyl groups is 2. The average Bonchev–Trinajstić information content (AvgIpc) is 2.22. The fourth-order valence-electron chi connectivity index (χ4n) is 1.52. The number of hydrogen-bond donors (Lipinski definition) is 4. The highest BCUT2D eigenvalue weighted by molar-refractivity contribution is 5.42. The molecule has 0 bridgehead atoms. The zero-order valence-electron chi connectivity index (χ0n) is 9.40. The van der Waals surface area contributed by atoms with Gasteiger partial charge in [-0.3, -0.25) is 5.32 Å². The van der Waals surface area contributed by atoms with Crippen molar-refractivity contribution in [3.8, 4) is 11.5 Å². The van der Waals surface area contributed by atoms with E-state index in [1.807, 2.05) is 6.92 Å². The van der Waals surface area contributed by atoms with E-state index in [2.05, 4.69) is 5.32 Å². The van der Waals surface area contributed by atoms with E-state index in [9.17, 15) is 15.3 Å². The first kappa shape index (κ1) is 12.8. The zero-order valence-corrected chi connectivity index (χ0v) is 9.40. The van der Waals surface area contributed by atoms with Crippen LogP contribution in [0.2, 0.25) is 0 Å². The quantitative estimate of drug-likeness (QED) is 0.435. The van der Waals surface area contributed by atoms with Gasteiger partial charge in [-0.1, -0.05) is 13.0 Å². The molecule has 1 unspecified atom stereocenters. The molecular formula is C11H17NO4. The maximum Gasteiger partial charge on any atom is 0.165 e. The number of ether oxygens (including phenoxy) is 1. The van der Waals surface area contributed by atoms with Gasteiger partial charge < -0.3 is 20.1 Å². The highest BCUT2D eigenvalue weighted by Crippen LogP contribution is 2.29. The van der Waals surface area contributed by atoms with Gasteiger partial charge in [-0.25, -0.2) is 0 Å². The minimum atomic E-state index is -1.37. The fraction of sp³-hybridized carbons (Fsp3) is 0.455. The topological polar surface area (TPSA) is 82.0 Å². The molecule has 0 fully saturated rings. The van der Waals surface area contributed by atoms with Crippen molar-refractivity contribution in [2.75, 3.05) is 20.3 Å². The van der Waals surface area contributed by atoms with Gasteiger partial charge in [0.1, 0.15) is 0 Å². The van der Waals surface area contributed by atoms with Crippen molar-refractivity contribution in [2.45, 2.75) is 12.6 Å². The third kappa shape index (κ3) is 2.63. The largest absolute Gasteiger partial charge is 0.504 e. The lowest BCUT2D eigenvalue weighted by molar-refractivity contribution is -0.0614. The Balaban J connectivity index is 3.05. The number of nitrogens with one attached hydrogen (secondary N) is 1. The van der Waals surface area contributed by atoms with Gasteiger partial charge in [0.25, 0.3) is 0 Å². The minimum absolute atomic E-state index is 0.0467. The van der Waals surface area contributed by atoms with Crippen LogP contribution in [-0.2, 0) is 10.5 Å². The van der Waals surface area contributed by atoms with E-state index in [-0.39, 0.29) is 18.1 Å². The molecule has 0 aliphatic carbocycles. The van der Waals surface area contributed by atoms with Crippen LogP contribution in [0.3, 0.4) is 0 Å². The number of rotatable bonds is 5. The van der Waals surface area contributed by atoms with E-state index in [1.165, 1.54) is 25.3 Å². The summed E-state index contributed by atoms with van der Waals surface area (Å²) in [4.78, 5) is 0. The van der Waals surface area contributed by atoms with Crippen LogP contribution in [-0.4, -0.2) is 35.6 Å². The van der Waals surface area contributed by atoms with Crippen molar-refractivity contribution in [3.63, 3.8) is 0 Å².